The van der Waals surface area contributed by atoms with E-state index in [4.69, 9.17) is 0 Å². The number of nitrogens with one attached hydrogen (secondary N) is 1. The lowest BCUT2D eigenvalue weighted by Gasteiger charge is -2.05. The Kier molecular flexibility index (Phi) is 2.77. The molecule has 0 bridgehead atoms. The fourth-order valence-corrected chi connectivity index (χ4v) is 2.01. The van der Waals surface area contributed by atoms with Gasteiger partial charge < -0.3 is 5.32 Å². The monoisotopic (exact) mass is 217 g/mol. The van der Waals surface area contributed by atoms with Crippen molar-refractivity contribution in [2.75, 3.05) is 0 Å². The molecule has 3 heteroatoms. The van der Waals surface area contributed by atoms with E-state index in [0.29, 0.717) is 12.0 Å². The van der Waals surface area contributed by atoms with Crippen LogP contribution in [0.2, 0.25) is 0 Å². The van der Waals surface area contributed by atoms with Gasteiger partial charge in [0.15, 0.2) is 5.78 Å². The molecule has 2 atom stereocenters. The van der Waals surface area contributed by atoms with E-state index in [0.717, 1.165) is 5.56 Å². The highest BCUT2D eigenvalue weighted by molar-refractivity contribution is 6.11. The number of hydrogen-bond donors (Lipinski definition) is 1. The van der Waals surface area contributed by atoms with E-state index in [-0.39, 0.29) is 17.7 Å². The molecule has 2 rings (SSSR count). The van der Waals surface area contributed by atoms with E-state index < -0.39 is 5.92 Å². The van der Waals surface area contributed by atoms with Crippen molar-refractivity contribution in [1.29, 1.82) is 0 Å². The van der Waals surface area contributed by atoms with E-state index in [2.05, 4.69) is 5.32 Å². The zero-order valence-electron chi connectivity index (χ0n) is 9.49. The van der Waals surface area contributed by atoms with Crippen molar-refractivity contribution in [1.82, 2.24) is 5.32 Å². The Morgan fingerprint density at radius 3 is 2.44 bits per heavy atom. The molecule has 1 aromatic rings. The van der Waals surface area contributed by atoms with Gasteiger partial charge in [-0.25, -0.2) is 0 Å². The van der Waals surface area contributed by atoms with Gasteiger partial charge in [-0.05, 0) is 20.3 Å². The van der Waals surface area contributed by atoms with Crippen LogP contribution in [0.4, 0.5) is 0 Å². The summed E-state index contributed by atoms with van der Waals surface area (Å²) in [6.07, 6.45) is 0.603. The number of aryl methyl sites for hydroxylation is 1. The molecule has 84 valence electrons. The van der Waals surface area contributed by atoms with Crippen LogP contribution in [0.15, 0.2) is 24.3 Å². The van der Waals surface area contributed by atoms with E-state index in [9.17, 15) is 9.59 Å². The van der Waals surface area contributed by atoms with Crippen LogP contribution in [0.25, 0.3) is 0 Å². The lowest BCUT2D eigenvalue weighted by molar-refractivity contribution is -0.121. The van der Waals surface area contributed by atoms with Gasteiger partial charge in [0.1, 0.15) is 5.92 Å². The number of carbonyl (C=O) groups excluding carboxylic acids is 2. The summed E-state index contributed by atoms with van der Waals surface area (Å²) < 4.78 is 0. The van der Waals surface area contributed by atoms with E-state index in [1.165, 1.54) is 0 Å². The SMILES string of the molecule is Cc1ccc(C(=O)C2C[C@@H](C)NC2=O)cc1. The van der Waals surface area contributed by atoms with Gasteiger partial charge in [0.05, 0.1) is 0 Å². The summed E-state index contributed by atoms with van der Waals surface area (Å²) in [6, 6.07) is 7.46. The molecular formula is C13H15NO2. The van der Waals surface area contributed by atoms with E-state index >= 15 is 0 Å². The number of benzene rings is 1. The molecule has 0 spiro atoms. The largest absolute Gasteiger partial charge is 0.353 e. The molecule has 0 aromatic heterocycles. The predicted molar refractivity (Wildman–Crippen MR) is 61.2 cm³/mol. The van der Waals surface area contributed by atoms with Crippen LogP contribution >= 0.6 is 0 Å². The Morgan fingerprint density at radius 1 is 1.31 bits per heavy atom. The highest BCUT2D eigenvalue weighted by Gasteiger charge is 2.35. The predicted octanol–water partition coefficient (Wildman–Crippen LogP) is 1.70. The first-order chi connectivity index (χ1) is 7.58. The van der Waals surface area contributed by atoms with Gasteiger partial charge in [-0.2, -0.15) is 0 Å². The maximum atomic E-state index is 12.1. The van der Waals surface area contributed by atoms with Crippen molar-refractivity contribution < 1.29 is 9.59 Å². The number of Topliss-reactive ketones (excluding diaryl/α,β-unsaturated/α-hetero) is 1. The third kappa shape index (κ3) is 1.98. The molecule has 1 aliphatic heterocycles. The summed E-state index contributed by atoms with van der Waals surface area (Å²) in [5.74, 6) is -0.711. The van der Waals surface area contributed by atoms with E-state index in [1.54, 1.807) is 12.1 Å². The lowest BCUT2D eigenvalue weighted by atomic mass is 9.94. The molecule has 0 radical (unpaired) electrons. The second-order valence-corrected chi connectivity index (χ2v) is 4.43. The number of carbonyl (C=O) groups is 2. The Morgan fingerprint density at radius 2 is 1.94 bits per heavy atom. The summed E-state index contributed by atoms with van der Waals surface area (Å²) >= 11 is 0. The van der Waals surface area contributed by atoms with Crippen LogP contribution in [0.5, 0.6) is 0 Å². The molecule has 16 heavy (non-hydrogen) atoms. The molecule has 3 nitrogen and oxygen atoms in total. The van der Waals surface area contributed by atoms with Crippen molar-refractivity contribution in [2.45, 2.75) is 26.3 Å². The zero-order chi connectivity index (χ0) is 11.7. The van der Waals surface area contributed by atoms with Crippen molar-refractivity contribution in [3.63, 3.8) is 0 Å². The zero-order valence-corrected chi connectivity index (χ0v) is 9.49. The minimum Gasteiger partial charge on any atom is -0.353 e. The van der Waals surface area contributed by atoms with Gasteiger partial charge in [0.25, 0.3) is 0 Å². The molecule has 1 unspecified atom stereocenters. The second kappa shape index (κ2) is 4.08. The highest BCUT2D eigenvalue weighted by atomic mass is 16.2. The minimum absolute atomic E-state index is 0.0677. The minimum atomic E-state index is -0.502. The lowest BCUT2D eigenvalue weighted by Crippen LogP contribution is -2.27. The summed E-state index contributed by atoms with van der Waals surface area (Å²) in [7, 11) is 0. The number of amides is 1. The second-order valence-electron chi connectivity index (χ2n) is 4.43. The summed E-state index contributed by atoms with van der Waals surface area (Å²) in [5.41, 5.74) is 1.74. The van der Waals surface area contributed by atoms with Crippen LogP contribution in [0.1, 0.15) is 29.3 Å². The van der Waals surface area contributed by atoms with Crippen LogP contribution in [-0.4, -0.2) is 17.7 Å². The molecular weight excluding hydrogens is 202 g/mol. The van der Waals surface area contributed by atoms with Crippen molar-refractivity contribution in [3.8, 4) is 0 Å². The highest BCUT2D eigenvalue weighted by Crippen LogP contribution is 2.20. The third-order valence-corrected chi connectivity index (χ3v) is 2.95. The van der Waals surface area contributed by atoms with Crippen LogP contribution in [-0.2, 0) is 4.79 Å². The number of hydrogen-bond acceptors (Lipinski definition) is 2. The van der Waals surface area contributed by atoms with Gasteiger partial charge in [0.2, 0.25) is 5.91 Å². The Bertz CT molecular complexity index is 422. The molecule has 1 aliphatic rings. The molecule has 1 amide bonds. The standard InChI is InChI=1S/C13H15NO2/c1-8-3-5-10(6-4-8)12(15)11-7-9(2)14-13(11)16/h3-6,9,11H,7H2,1-2H3,(H,14,16)/t9-,11?/m1/s1. The molecule has 1 N–H and O–H groups in total. The Balaban J connectivity index is 2.19. The van der Waals surface area contributed by atoms with E-state index in [1.807, 2.05) is 26.0 Å². The molecule has 1 fully saturated rings. The van der Waals surface area contributed by atoms with Crippen molar-refractivity contribution in [2.24, 2.45) is 5.92 Å². The third-order valence-electron chi connectivity index (χ3n) is 2.95. The van der Waals surface area contributed by atoms with Crippen LogP contribution in [0, 0.1) is 12.8 Å². The van der Waals surface area contributed by atoms with Gasteiger partial charge in [0, 0.05) is 11.6 Å². The van der Waals surface area contributed by atoms with Gasteiger partial charge in [-0.15, -0.1) is 0 Å². The first-order valence-corrected chi connectivity index (χ1v) is 5.49. The van der Waals surface area contributed by atoms with Crippen LogP contribution in [0.3, 0.4) is 0 Å². The topological polar surface area (TPSA) is 46.2 Å². The maximum absolute atomic E-state index is 12.1. The molecule has 0 saturated carbocycles. The molecule has 0 aliphatic carbocycles. The smallest absolute Gasteiger partial charge is 0.231 e. The summed E-state index contributed by atoms with van der Waals surface area (Å²) in [5, 5.41) is 2.77. The summed E-state index contributed by atoms with van der Waals surface area (Å²) in [4.78, 5) is 23.6. The first-order valence-electron chi connectivity index (χ1n) is 5.49. The fourth-order valence-electron chi connectivity index (χ4n) is 2.01. The van der Waals surface area contributed by atoms with Gasteiger partial charge >= 0.3 is 0 Å². The van der Waals surface area contributed by atoms with Crippen LogP contribution < -0.4 is 5.32 Å². The maximum Gasteiger partial charge on any atom is 0.231 e. The average molecular weight is 217 g/mol. The fraction of sp³-hybridized carbons (Fsp3) is 0.385. The van der Waals surface area contributed by atoms with Crippen molar-refractivity contribution in [3.05, 3.63) is 35.4 Å². The molecule has 1 heterocycles. The number of ketones is 1. The molecule has 1 aromatic carbocycles. The van der Waals surface area contributed by atoms with Gasteiger partial charge in [-0.1, -0.05) is 29.8 Å². The average Bonchev–Trinajstić information content (AvgIpc) is 2.58. The first kappa shape index (κ1) is 10.9. The Labute approximate surface area is 94.9 Å². The Hall–Kier alpha value is -1.64. The quantitative estimate of drug-likeness (QED) is 0.605. The molecule has 1 saturated heterocycles. The summed E-state index contributed by atoms with van der Waals surface area (Å²) in [6.45, 7) is 3.89. The normalized spacial score (nSPS) is 24.2. The number of rotatable bonds is 2. The van der Waals surface area contributed by atoms with Crippen molar-refractivity contribution >= 4 is 11.7 Å². The van der Waals surface area contributed by atoms with Gasteiger partial charge in [-0.3, -0.25) is 9.59 Å².